The van der Waals surface area contributed by atoms with Crippen molar-refractivity contribution in [1.82, 2.24) is 0 Å². The minimum Gasteiger partial charge on any atom is -0.223 e. The smallest absolute Gasteiger partial charge is 0.183 e. The minimum atomic E-state index is -3.36. The van der Waals surface area contributed by atoms with E-state index >= 15 is 0 Å². The highest BCUT2D eigenvalue weighted by Gasteiger charge is 2.32. The Morgan fingerprint density at radius 3 is 1.89 bits per heavy atom. The zero-order chi connectivity index (χ0) is 14.1. The summed E-state index contributed by atoms with van der Waals surface area (Å²) >= 11 is 0. The Kier molecular flexibility index (Phi) is 3.50. The Bertz CT molecular complexity index is 665. The van der Waals surface area contributed by atoms with Gasteiger partial charge in [-0.25, -0.2) is 8.42 Å². The number of sulfone groups is 1. The van der Waals surface area contributed by atoms with Crippen molar-refractivity contribution in [3.05, 3.63) is 54.6 Å². The highest BCUT2D eigenvalue weighted by molar-refractivity contribution is 7.92. The van der Waals surface area contributed by atoms with Gasteiger partial charge in [0.05, 0.1) is 9.64 Å². The van der Waals surface area contributed by atoms with E-state index in [0.717, 1.165) is 11.1 Å². The van der Waals surface area contributed by atoms with E-state index in [9.17, 15) is 8.42 Å². The second-order valence-electron chi connectivity index (χ2n) is 5.48. The first-order valence-corrected chi connectivity index (χ1v) is 7.71. The van der Waals surface area contributed by atoms with Crippen molar-refractivity contribution in [3.63, 3.8) is 0 Å². The van der Waals surface area contributed by atoms with Crippen LogP contribution in [0.1, 0.15) is 20.8 Å². The molecule has 100 valence electrons. The molecule has 0 unspecified atom stereocenters. The third kappa shape index (κ3) is 2.56. The van der Waals surface area contributed by atoms with E-state index in [0.29, 0.717) is 4.90 Å². The van der Waals surface area contributed by atoms with Gasteiger partial charge in [-0.2, -0.15) is 0 Å². The average molecular weight is 274 g/mol. The Hall–Kier alpha value is -1.61. The molecule has 0 amide bonds. The van der Waals surface area contributed by atoms with Crippen LogP contribution in [0, 0.1) is 0 Å². The molecule has 2 aromatic carbocycles. The summed E-state index contributed by atoms with van der Waals surface area (Å²) in [6.45, 7) is 5.18. The lowest BCUT2D eigenvalue weighted by Gasteiger charge is -2.21. The summed E-state index contributed by atoms with van der Waals surface area (Å²) in [7, 11) is -3.36. The molecule has 0 aliphatic heterocycles. The summed E-state index contributed by atoms with van der Waals surface area (Å²) < 4.78 is 24.5. The second-order valence-corrected chi connectivity index (χ2v) is 8.15. The van der Waals surface area contributed by atoms with Gasteiger partial charge in [-0.1, -0.05) is 48.5 Å². The summed E-state index contributed by atoms with van der Waals surface area (Å²) in [5.74, 6) is 0. The van der Waals surface area contributed by atoms with Crippen LogP contribution in [0.4, 0.5) is 0 Å². The molecule has 0 heterocycles. The molecule has 2 aromatic rings. The lowest BCUT2D eigenvalue weighted by Crippen LogP contribution is -2.28. The summed E-state index contributed by atoms with van der Waals surface area (Å²) in [6, 6.07) is 16.8. The first-order chi connectivity index (χ1) is 8.84. The van der Waals surface area contributed by atoms with E-state index in [1.807, 2.05) is 42.5 Å². The number of benzene rings is 2. The monoisotopic (exact) mass is 274 g/mol. The highest BCUT2D eigenvalue weighted by atomic mass is 32.2. The van der Waals surface area contributed by atoms with Crippen LogP contribution >= 0.6 is 0 Å². The van der Waals surface area contributed by atoms with Gasteiger partial charge < -0.3 is 0 Å². The third-order valence-corrected chi connectivity index (χ3v) is 5.61. The van der Waals surface area contributed by atoms with Gasteiger partial charge in [-0.15, -0.1) is 0 Å². The highest BCUT2D eigenvalue weighted by Crippen LogP contribution is 2.33. The van der Waals surface area contributed by atoms with Crippen molar-refractivity contribution in [2.24, 2.45) is 0 Å². The fourth-order valence-corrected chi connectivity index (χ4v) is 3.28. The Balaban J connectivity index is 2.69. The van der Waals surface area contributed by atoms with Crippen molar-refractivity contribution in [3.8, 4) is 11.1 Å². The standard InChI is InChI=1S/C16H18O2S/c1-16(2,3)19(17,18)15-12-8-7-11-14(15)13-9-5-4-6-10-13/h4-12H,1-3H3. The molecule has 0 atom stereocenters. The molecule has 0 aliphatic rings. The molecule has 0 aromatic heterocycles. The van der Waals surface area contributed by atoms with E-state index in [2.05, 4.69) is 0 Å². The summed E-state index contributed by atoms with van der Waals surface area (Å²) in [4.78, 5) is 0.397. The summed E-state index contributed by atoms with van der Waals surface area (Å²) in [5, 5.41) is 0. The molecule has 0 saturated carbocycles. The quantitative estimate of drug-likeness (QED) is 0.831. The molecule has 0 radical (unpaired) electrons. The Morgan fingerprint density at radius 2 is 1.32 bits per heavy atom. The van der Waals surface area contributed by atoms with Gasteiger partial charge in [-0.3, -0.25) is 0 Å². The molecule has 0 spiro atoms. The van der Waals surface area contributed by atoms with E-state index in [-0.39, 0.29) is 0 Å². The molecule has 19 heavy (non-hydrogen) atoms. The molecular formula is C16H18O2S. The van der Waals surface area contributed by atoms with Crippen LogP contribution in [0.25, 0.3) is 11.1 Å². The molecule has 2 rings (SSSR count). The normalized spacial score (nSPS) is 12.4. The number of hydrogen-bond donors (Lipinski definition) is 0. The van der Waals surface area contributed by atoms with Crippen molar-refractivity contribution < 1.29 is 8.42 Å². The molecule has 0 N–H and O–H groups in total. The molecule has 0 saturated heterocycles. The van der Waals surface area contributed by atoms with Gasteiger partial charge in [-0.05, 0) is 32.4 Å². The average Bonchev–Trinajstić information content (AvgIpc) is 2.38. The minimum absolute atomic E-state index is 0.397. The summed E-state index contributed by atoms with van der Waals surface area (Å²) in [6.07, 6.45) is 0. The van der Waals surface area contributed by atoms with E-state index < -0.39 is 14.6 Å². The molecule has 2 nitrogen and oxygen atoms in total. The van der Waals surface area contributed by atoms with E-state index in [4.69, 9.17) is 0 Å². The SMILES string of the molecule is CC(C)(C)S(=O)(=O)c1ccccc1-c1ccccc1. The molecular weight excluding hydrogens is 256 g/mol. The lowest BCUT2D eigenvalue weighted by atomic mass is 10.1. The van der Waals surface area contributed by atoms with Gasteiger partial charge in [0, 0.05) is 5.56 Å². The third-order valence-electron chi connectivity index (χ3n) is 3.07. The van der Waals surface area contributed by atoms with Gasteiger partial charge in [0.15, 0.2) is 9.84 Å². The predicted octanol–water partition coefficient (Wildman–Crippen LogP) is 3.93. The van der Waals surface area contributed by atoms with E-state index in [1.165, 1.54) is 0 Å². The van der Waals surface area contributed by atoms with Crippen molar-refractivity contribution >= 4 is 9.84 Å². The van der Waals surface area contributed by atoms with Crippen LogP contribution in [-0.4, -0.2) is 13.2 Å². The largest absolute Gasteiger partial charge is 0.223 e. The maximum Gasteiger partial charge on any atom is 0.183 e. The summed E-state index contributed by atoms with van der Waals surface area (Å²) in [5.41, 5.74) is 1.68. The Labute approximate surface area is 115 Å². The molecule has 0 fully saturated rings. The van der Waals surface area contributed by atoms with Crippen LogP contribution in [0.2, 0.25) is 0 Å². The second kappa shape index (κ2) is 4.82. The van der Waals surface area contributed by atoms with Crippen LogP contribution < -0.4 is 0 Å². The molecule has 0 bridgehead atoms. The maximum absolute atomic E-state index is 12.6. The number of hydrogen-bond acceptors (Lipinski definition) is 2. The van der Waals surface area contributed by atoms with E-state index in [1.54, 1.807) is 32.9 Å². The fraction of sp³-hybridized carbons (Fsp3) is 0.250. The maximum atomic E-state index is 12.6. The van der Waals surface area contributed by atoms with Gasteiger partial charge in [0.1, 0.15) is 0 Å². The zero-order valence-corrected chi connectivity index (χ0v) is 12.2. The zero-order valence-electron chi connectivity index (χ0n) is 11.4. The van der Waals surface area contributed by atoms with Gasteiger partial charge in [0.2, 0.25) is 0 Å². The van der Waals surface area contributed by atoms with Crippen LogP contribution in [0.15, 0.2) is 59.5 Å². The van der Waals surface area contributed by atoms with Crippen LogP contribution in [0.3, 0.4) is 0 Å². The first-order valence-electron chi connectivity index (χ1n) is 6.23. The topological polar surface area (TPSA) is 34.1 Å². The molecule has 0 aliphatic carbocycles. The van der Waals surface area contributed by atoms with Crippen molar-refractivity contribution in [2.45, 2.75) is 30.4 Å². The van der Waals surface area contributed by atoms with Gasteiger partial charge >= 0.3 is 0 Å². The first kappa shape index (κ1) is 13.8. The van der Waals surface area contributed by atoms with Gasteiger partial charge in [0.25, 0.3) is 0 Å². The molecule has 3 heteroatoms. The lowest BCUT2D eigenvalue weighted by molar-refractivity contribution is 0.560. The van der Waals surface area contributed by atoms with Crippen LogP contribution in [-0.2, 0) is 9.84 Å². The van der Waals surface area contributed by atoms with Crippen molar-refractivity contribution in [1.29, 1.82) is 0 Å². The van der Waals surface area contributed by atoms with Crippen LogP contribution in [0.5, 0.6) is 0 Å². The fourth-order valence-electron chi connectivity index (χ4n) is 1.89. The van der Waals surface area contributed by atoms with Crippen molar-refractivity contribution in [2.75, 3.05) is 0 Å². The predicted molar refractivity (Wildman–Crippen MR) is 78.8 cm³/mol. The number of rotatable bonds is 2. The Morgan fingerprint density at radius 1 is 0.789 bits per heavy atom.